The van der Waals surface area contributed by atoms with Crippen LogP contribution < -0.4 is 10.5 Å². The van der Waals surface area contributed by atoms with Crippen molar-refractivity contribution in [3.8, 4) is 17.3 Å². The lowest BCUT2D eigenvalue weighted by Crippen LogP contribution is -2.02. The van der Waals surface area contributed by atoms with Gasteiger partial charge in [-0.2, -0.15) is 0 Å². The molecular formula is C20H23N3O3. The second-order valence-corrected chi connectivity index (χ2v) is 6.27. The van der Waals surface area contributed by atoms with E-state index in [1.54, 1.807) is 19.2 Å². The van der Waals surface area contributed by atoms with Crippen LogP contribution in [0.15, 0.2) is 30.3 Å². The molecule has 1 aromatic carbocycles. The summed E-state index contributed by atoms with van der Waals surface area (Å²) in [7, 11) is 1.58. The Morgan fingerprint density at radius 1 is 1.27 bits per heavy atom. The number of carboxylic acid groups (broad SMARTS) is 1. The standard InChI is InChI=1S/C20H23N3O3/c1-12-9-10-14(20(24)25)17-13(6-3-4-11-21)19(23-18(12)17)15-7-5-8-16(22-15)26-2/h5,7-10,23H,3-4,6,11,21H2,1-2H3,(H,24,25). The lowest BCUT2D eigenvalue weighted by Gasteiger charge is -2.07. The third-order valence-electron chi connectivity index (χ3n) is 4.57. The number of pyridine rings is 1. The first kappa shape index (κ1) is 17.9. The van der Waals surface area contributed by atoms with Crippen molar-refractivity contribution >= 4 is 16.9 Å². The first-order valence-corrected chi connectivity index (χ1v) is 8.65. The van der Waals surface area contributed by atoms with Crippen LogP contribution in [0.25, 0.3) is 22.3 Å². The molecule has 0 atom stereocenters. The highest BCUT2D eigenvalue weighted by molar-refractivity contribution is 6.07. The first-order chi connectivity index (χ1) is 12.6. The van der Waals surface area contributed by atoms with E-state index in [9.17, 15) is 9.90 Å². The number of aromatic carboxylic acids is 1. The molecule has 2 aromatic heterocycles. The summed E-state index contributed by atoms with van der Waals surface area (Å²) in [6, 6.07) is 9.06. The zero-order chi connectivity index (χ0) is 18.7. The zero-order valence-corrected chi connectivity index (χ0v) is 15.0. The molecule has 6 heteroatoms. The van der Waals surface area contributed by atoms with Crippen molar-refractivity contribution in [2.75, 3.05) is 13.7 Å². The van der Waals surface area contributed by atoms with E-state index >= 15 is 0 Å². The number of nitrogens with one attached hydrogen (secondary N) is 1. The number of nitrogens with zero attached hydrogens (tertiary/aromatic N) is 1. The quantitative estimate of drug-likeness (QED) is 0.564. The lowest BCUT2D eigenvalue weighted by atomic mass is 9.97. The summed E-state index contributed by atoms with van der Waals surface area (Å²) < 4.78 is 5.24. The smallest absolute Gasteiger partial charge is 0.336 e. The molecular weight excluding hydrogens is 330 g/mol. The summed E-state index contributed by atoms with van der Waals surface area (Å²) in [5, 5.41) is 10.4. The first-order valence-electron chi connectivity index (χ1n) is 8.65. The largest absolute Gasteiger partial charge is 0.481 e. The summed E-state index contributed by atoms with van der Waals surface area (Å²) in [5.74, 6) is -0.413. The van der Waals surface area contributed by atoms with Crippen LogP contribution in [0.3, 0.4) is 0 Å². The van der Waals surface area contributed by atoms with E-state index in [1.807, 2.05) is 25.1 Å². The van der Waals surface area contributed by atoms with Gasteiger partial charge < -0.3 is 20.6 Å². The van der Waals surface area contributed by atoms with Crippen LogP contribution in [0.2, 0.25) is 0 Å². The third kappa shape index (κ3) is 3.28. The number of unbranched alkanes of at least 4 members (excludes halogenated alkanes) is 1. The van der Waals surface area contributed by atoms with Gasteiger partial charge in [0.05, 0.1) is 29.6 Å². The lowest BCUT2D eigenvalue weighted by molar-refractivity contribution is 0.0699. The topological polar surface area (TPSA) is 101 Å². The summed E-state index contributed by atoms with van der Waals surface area (Å²) in [6.07, 6.45) is 2.49. The molecule has 0 amide bonds. The summed E-state index contributed by atoms with van der Waals surface area (Å²) in [4.78, 5) is 19.7. The normalized spacial score (nSPS) is 11.0. The minimum absolute atomic E-state index is 0.304. The Labute approximate surface area is 152 Å². The Hall–Kier alpha value is -2.86. The Kier molecular flexibility index (Phi) is 5.23. The van der Waals surface area contributed by atoms with E-state index in [2.05, 4.69) is 9.97 Å². The van der Waals surface area contributed by atoms with E-state index in [-0.39, 0.29) is 0 Å². The number of ether oxygens (including phenoxy) is 1. The van der Waals surface area contributed by atoms with Gasteiger partial charge in [0, 0.05) is 11.5 Å². The van der Waals surface area contributed by atoms with Crippen LogP contribution in [0.5, 0.6) is 5.88 Å². The fraction of sp³-hybridized carbons (Fsp3) is 0.300. The predicted octanol–water partition coefficient (Wildman–Crippen LogP) is 3.53. The number of fused-ring (bicyclic) bond motifs is 1. The highest BCUT2D eigenvalue weighted by Crippen LogP contribution is 2.35. The second kappa shape index (κ2) is 7.58. The summed E-state index contributed by atoms with van der Waals surface area (Å²) in [6.45, 7) is 2.58. The Bertz CT molecular complexity index is 947. The third-order valence-corrected chi connectivity index (χ3v) is 4.57. The summed E-state index contributed by atoms with van der Waals surface area (Å²) >= 11 is 0. The van der Waals surface area contributed by atoms with Crippen LogP contribution >= 0.6 is 0 Å². The number of aryl methyl sites for hydroxylation is 2. The maximum absolute atomic E-state index is 11.8. The van der Waals surface area contributed by atoms with Gasteiger partial charge in [0.1, 0.15) is 0 Å². The maximum Gasteiger partial charge on any atom is 0.336 e. The molecule has 3 aromatic rings. The van der Waals surface area contributed by atoms with Crippen molar-refractivity contribution in [2.24, 2.45) is 5.73 Å². The van der Waals surface area contributed by atoms with Gasteiger partial charge in [0.2, 0.25) is 5.88 Å². The molecule has 0 unspecified atom stereocenters. The Balaban J connectivity index is 2.26. The molecule has 0 saturated carbocycles. The van der Waals surface area contributed by atoms with Crippen LogP contribution in [0.4, 0.5) is 0 Å². The number of aromatic amines is 1. The number of rotatable bonds is 7. The molecule has 0 bridgehead atoms. The van der Waals surface area contributed by atoms with Crippen molar-refractivity contribution in [1.82, 2.24) is 9.97 Å². The minimum atomic E-state index is -0.931. The van der Waals surface area contributed by atoms with Crippen LogP contribution in [-0.2, 0) is 6.42 Å². The zero-order valence-electron chi connectivity index (χ0n) is 15.0. The van der Waals surface area contributed by atoms with Gasteiger partial charge in [0.15, 0.2) is 0 Å². The number of methoxy groups -OCH3 is 1. The Morgan fingerprint density at radius 2 is 2.08 bits per heavy atom. The number of nitrogens with two attached hydrogens (primary N) is 1. The molecule has 0 saturated heterocycles. The number of carboxylic acids is 1. The molecule has 0 aliphatic heterocycles. The number of hydrogen-bond donors (Lipinski definition) is 3. The van der Waals surface area contributed by atoms with Gasteiger partial charge >= 0.3 is 5.97 Å². The molecule has 136 valence electrons. The average Bonchev–Trinajstić information content (AvgIpc) is 3.02. The van der Waals surface area contributed by atoms with Gasteiger partial charge in [-0.05, 0) is 56.0 Å². The fourth-order valence-electron chi connectivity index (χ4n) is 3.27. The van der Waals surface area contributed by atoms with Crippen molar-refractivity contribution < 1.29 is 14.6 Å². The highest BCUT2D eigenvalue weighted by atomic mass is 16.5. The predicted molar refractivity (Wildman–Crippen MR) is 102 cm³/mol. The van der Waals surface area contributed by atoms with Gasteiger partial charge in [0.25, 0.3) is 0 Å². The average molecular weight is 353 g/mol. The molecule has 6 nitrogen and oxygen atoms in total. The van der Waals surface area contributed by atoms with Crippen LogP contribution in [-0.4, -0.2) is 34.7 Å². The fourth-order valence-corrected chi connectivity index (χ4v) is 3.27. The van der Waals surface area contributed by atoms with E-state index in [1.165, 1.54) is 0 Å². The molecule has 0 fully saturated rings. The van der Waals surface area contributed by atoms with E-state index < -0.39 is 5.97 Å². The monoisotopic (exact) mass is 353 g/mol. The van der Waals surface area contributed by atoms with Crippen molar-refractivity contribution in [1.29, 1.82) is 0 Å². The molecule has 2 heterocycles. The number of carbonyl (C=O) groups is 1. The van der Waals surface area contributed by atoms with Crippen LogP contribution in [0.1, 0.15) is 34.3 Å². The molecule has 0 radical (unpaired) electrons. The highest BCUT2D eigenvalue weighted by Gasteiger charge is 2.21. The molecule has 0 aliphatic carbocycles. The van der Waals surface area contributed by atoms with Gasteiger partial charge in [-0.1, -0.05) is 12.1 Å². The van der Waals surface area contributed by atoms with Gasteiger partial charge in [-0.15, -0.1) is 0 Å². The number of hydrogen-bond acceptors (Lipinski definition) is 4. The number of benzene rings is 1. The summed E-state index contributed by atoms with van der Waals surface area (Å²) in [5.41, 5.74) is 10.3. The SMILES string of the molecule is COc1cccc(-c2[nH]c3c(C)ccc(C(=O)O)c3c2CCCCN)n1. The van der Waals surface area contributed by atoms with Crippen LogP contribution in [0, 0.1) is 6.92 Å². The van der Waals surface area contributed by atoms with E-state index in [0.29, 0.717) is 18.0 Å². The molecule has 3 rings (SSSR count). The minimum Gasteiger partial charge on any atom is -0.481 e. The Morgan fingerprint density at radius 3 is 2.77 bits per heavy atom. The molecule has 26 heavy (non-hydrogen) atoms. The van der Waals surface area contributed by atoms with Crippen molar-refractivity contribution in [3.63, 3.8) is 0 Å². The van der Waals surface area contributed by atoms with Gasteiger partial charge in [-0.3, -0.25) is 0 Å². The maximum atomic E-state index is 11.8. The molecule has 0 spiro atoms. The molecule has 0 aliphatic rings. The van der Waals surface area contributed by atoms with Crippen molar-refractivity contribution in [3.05, 3.63) is 47.0 Å². The molecule has 4 N–H and O–H groups in total. The van der Waals surface area contributed by atoms with E-state index in [0.717, 1.165) is 52.7 Å². The van der Waals surface area contributed by atoms with E-state index in [4.69, 9.17) is 10.5 Å². The second-order valence-electron chi connectivity index (χ2n) is 6.27. The number of H-pyrrole nitrogens is 1. The van der Waals surface area contributed by atoms with Gasteiger partial charge in [-0.25, -0.2) is 9.78 Å². The number of aromatic nitrogens is 2. The van der Waals surface area contributed by atoms with Crippen molar-refractivity contribution in [2.45, 2.75) is 26.2 Å².